The molecule has 0 radical (unpaired) electrons. The SMILES string of the molecule is CC(C)(C)NC(=O)N(CC1CCCCN1)C1CC1. The maximum atomic E-state index is 12.3. The fraction of sp³-hybridized carbons (Fsp3) is 0.929. The maximum absolute atomic E-state index is 12.3. The van der Waals surface area contributed by atoms with Crippen molar-refractivity contribution in [1.29, 1.82) is 0 Å². The van der Waals surface area contributed by atoms with E-state index >= 15 is 0 Å². The second kappa shape index (κ2) is 5.47. The second-order valence-corrected chi connectivity index (χ2v) is 6.71. The topological polar surface area (TPSA) is 44.4 Å². The molecule has 2 aliphatic rings. The van der Waals surface area contributed by atoms with Gasteiger partial charge >= 0.3 is 6.03 Å². The van der Waals surface area contributed by atoms with Crippen molar-refractivity contribution in [2.24, 2.45) is 0 Å². The van der Waals surface area contributed by atoms with E-state index in [9.17, 15) is 4.79 Å². The van der Waals surface area contributed by atoms with Gasteiger partial charge in [-0.05, 0) is 53.0 Å². The van der Waals surface area contributed by atoms with E-state index in [2.05, 4.69) is 10.6 Å². The number of rotatable bonds is 3. The minimum Gasteiger partial charge on any atom is -0.333 e. The fourth-order valence-electron chi connectivity index (χ4n) is 2.49. The van der Waals surface area contributed by atoms with E-state index in [1.54, 1.807) is 0 Å². The van der Waals surface area contributed by atoms with E-state index in [4.69, 9.17) is 0 Å². The van der Waals surface area contributed by atoms with Crippen LogP contribution in [0.3, 0.4) is 0 Å². The summed E-state index contributed by atoms with van der Waals surface area (Å²) >= 11 is 0. The van der Waals surface area contributed by atoms with Gasteiger partial charge in [0.1, 0.15) is 0 Å². The fourth-order valence-corrected chi connectivity index (χ4v) is 2.49. The van der Waals surface area contributed by atoms with Gasteiger partial charge in [0.15, 0.2) is 0 Å². The molecule has 4 nitrogen and oxygen atoms in total. The minimum absolute atomic E-state index is 0.109. The normalized spacial score (nSPS) is 24.7. The van der Waals surface area contributed by atoms with Crippen molar-refractivity contribution < 1.29 is 4.79 Å². The smallest absolute Gasteiger partial charge is 0.318 e. The molecule has 0 aromatic carbocycles. The first-order valence-electron chi connectivity index (χ1n) is 7.28. The summed E-state index contributed by atoms with van der Waals surface area (Å²) in [5, 5.41) is 6.62. The number of urea groups is 1. The van der Waals surface area contributed by atoms with Crippen LogP contribution in [0.15, 0.2) is 0 Å². The van der Waals surface area contributed by atoms with Gasteiger partial charge in [-0.3, -0.25) is 0 Å². The van der Waals surface area contributed by atoms with Crippen LogP contribution < -0.4 is 10.6 Å². The number of carbonyl (C=O) groups excluding carboxylic acids is 1. The summed E-state index contributed by atoms with van der Waals surface area (Å²) < 4.78 is 0. The van der Waals surface area contributed by atoms with Crippen LogP contribution in [0.1, 0.15) is 52.9 Å². The Morgan fingerprint density at radius 1 is 1.28 bits per heavy atom. The molecule has 0 aromatic rings. The molecular weight excluding hydrogens is 226 g/mol. The van der Waals surface area contributed by atoms with Crippen LogP contribution in [-0.4, -0.2) is 41.6 Å². The Labute approximate surface area is 110 Å². The van der Waals surface area contributed by atoms with Crippen LogP contribution in [-0.2, 0) is 0 Å². The van der Waals surface area contributed by atoms with Crippen LogP contribution in [0, 0.1) is 0 Å². The van der Waals surface area contributed by atoms with Crippen LogP contribution in [0.25, 0.3) is 0 Å². The monoisotopic (exact) mass is 253 g/mol. The Morgan fingerprint density at radius 3 is 2.50 bits per heavy atom. The molecule has 2 amide bonds. The lowest BCUT2D eigenvalue weighted by atomic mass is 10.0. The number of carbonyl (C=O) groups is 1. The first kappa shape index (κ1) is 13.7. The van der Waals surface area contributed by atoms with E-state index in [1.807, 2.05) is 25.7 Å². The van der Waals surface area contributed by atoms with Crippen molar-refractivity contribution in [2.45, 2.75) is 70.5 Å². The van der Waals surface area contributed by atoms with Gasteiger partial charge in [-0.2, -0.15) is 0 Å². The Morgan fingerprint density at radius 2 is 2.00 bits per heavy atom. The van der Waals surface area contributed by atoms with Crippen molar-refractivity contribution in [1.82, 2.24) is 15.5 Å². The predicted octanol–water partition coefficient (Wildman–Crippen LogP) is 2.10. The van der Waals surface area contributed by atoms with Crippen molar-refractivity contribution in [3.8, 4) is 0 Å². The third kappa shape index (κ3) is 4.16. The first-order chi connectivity index (χ1) is 8.46. The average molecular weight is 253 g/mol. The first-order valence-corrected chi connectivity index (χ1v) is 7.28. The summed E-state index contributed by atoms with van der Waals surface area (Å²) in [5.41, 5.74) is -0.149. The Balaban J connectivity index is 1.88. The molecule has 0 spiro atoms. The number of nitrogens with one attached hydrogen (secondary N) is 2. The molecule has 0 bridgehead atoms. The van der Waals surface area contributed by atoms with Gasteiger partial charge in [-0.15, -0.1) is 0 Å². The van der Waals surface area contributed by atoms with E-state index in [0.29, 0.717) is 12.1 Å². The highest BCUT2D eigenvalue weighted by Gasteiger charge is 2.35. The van der Waals surface area contributed by atoms with Crippen LogP contribution in [0.2, 0.25) is 0 Å². The standard InChI is InChI=1S/C14H27N3O/c1-14(2,3)16-13(18)17(12-7-8-12)10-11-6-4-5-9-15-11/h11-12,15H,4-10H2,1-3H3,(H,16,18). The number of piperidine rings is 1. The molecular formula is C14H27N3O. The lowest BCUT2D eigenvalue weighted by molar-refractivity contribution is 0.174. The zero-order valence-electron chi connectivity index (χ0n) is 12.0. The van der Waals surface area contributed by atoms with Crippen molar-refractivity contribution in [2.75, 3.05) is 13.1 Å². The van der Waals surface area contributed by atoms with Gasteiger partial charge in [0, 0.05) is 24.2 Å². The van der Waals surface area contributed by atoms with Gasteiger partial charge in [0.25, 0.3) is 0 Å². The van der Waals surface area contributed by atoms with E-state index < -0.39 is 0 Å². The van der Waals surface area contributed by atoms with E-state index in [-0.39, 0.29) is 11.6 Å². The Hall–Kier alpha value is -0.770. The summed E-state index contributed by atoms with van der Waals surface area (Å²) in [6, 6.07) is 1.08. The molecule has 1 heterocycles. The minimum atomic E-state index is -0.149. The zero-order chi connectivity index (χ0) is 13.2. The maximum Gasteiger partial charge on any atom is 0.318 e. The number of amides is 2. The second-order valence-electron chi connectivity index (χ2n) is 6.71. The third-order valence-electron chi connectivity index (χ3n) is 3.56. The van der Waals surface area contributed by atoms with E-state index in [1.165, 1.54) is 32.1 Å². The number of hydrogen-bond donors (Lipinski definition) is 2. The van der Waals surface area contributed by atoms with Crippen LogP contribution in [0.5, 0.6) is 0 Å². The lowest BCUT2D eigenvalue weighted by Crippen LogP contribution is -2.53. The molecule has 2 rings (SSSR count). The number of hydrogen-bond acceptors (Lipinski definition) is 2. The Kier molecular flexibility index (Phi) is 4.15. The predicted molar refractivity (Wildman–Crippen MR) is 73.7 cm³/mol. The summed E-state index contributed by atoms with van der Waals surface area (Å²) in [6.07, 6.45) is 6.10. The molecule has 104 valence electrons. The largest absolute Gasteiger partial charge is 0.333 e. The molecule has 1 aliphatic carbocycles. The molecule has 0 aromatic heterocycles. The van der Waals surface area contributed by atoms with Crippen molar-refractivity contribution >= 4 is 6.03 Å². The molecule has 18 heavy (non-hydrogen) atoms. The zero-order valence-corrected chi connectivity index (χ0v) is 12.0. The van der Waals surface area contributed by atoms with Crippen molar-refractivity contribution in [3.63, 3.8) is 0 Å². The van der Waals surface area contributed by atoms with Gasteiger partial charge < -0.3 is 15.5 Å². The lowest BCUT2D eigenvalue weighted by Gasteiger charge is -2.33. The molecule has 2 N–H and O–H groups in total. The average Bonchev–Trinajstić information content (AvgIpc) is 3.08. The van der Waals surface area contributed by atoms with Gasteiger partial charge in [0.05, 0.1) is 0 Å². The van der Waals surface area contributed by atoms with Gasteiger partial charge in [-0.25, -0.2) is 4.79 Å². The van der Waals surface area contributed by atoms with Crippen LogP contribution in [0.4, 0.5) is 4.79 Å². The van der Waals surface area contributed by atoms with Gasteiger partial charge in [-0.1, -0.05) is 6.42 Å². The highest BCUT2D eigenvalue weighted by Crippen LogP contribution is 2.28. The summed E-state index contributed by atoms with van der Waals surface area (Å²) in [4.78, 5) is 14.4. The number of nitrogens with zero attached hydrogens (tertiary/aromatic N) is 1. The van der Waals surface area contributed by atoms with Crippen molar-refractivity contribution in [3.05, 3.63) is 0 Å². The summed E-state index contributed by atoms with van der Waals surface area (Å²) in [5.74, 6) is 0. The van der Waals surface area contributed by atoms with Gasteiger partial charge in [0.2, 0.25) is 0 Å². The molecule has 4 heteroatoms. The third-order valence-corrected chi connectivity index (χ3v) is 3.56. The molecule has 1 aliphatic heterocycles. The Bertz CT molecular complexity index is 288. The summed E-state index contributed by atoms with van der Waals surface area (Å²) in [7, 11) is 0. The molecule has 1 unspecified atom stereocenters. The van der Waals surface area contributed by atoms with Crippen LogP contribution >= 0.6 is 0 Å². The quantitative estimate of drug-likeness (QED) is 0.809. The highest BCUT2D eigenvalue weighted by atomic mass is 16.2. The van der Waals surface area contributed by atoms with E-state index in [0.717, 1.165) is 13.1 Å². The molecule has 2 fully saturated rings. The summed E-state index contributed by atoms with van der Waals surface area (Å²) in [6.45, 7) is 8.08. The molecule has 1 saturated carbocycles. The molecule has 1 atom stereocenters. The highest BCUT2D eigenvalue weighted by molar-refractivity contribution is 5.75. The molecule has 1 saturated heterocycles.